The van der Waals surface area contributed by atoms with Gasteiger partial charge in [0.25, 0.3) is 0 Å². The summed E-state index contributed by atoms with van der Waals surface area (Å²) in [7, 11) is 0. The maximum atomic E-state index is 13.0. The predicted octanol–water partition coefficient (Wildman–Crippen LogP) is 3.99. The summed E-state index contributed by atoms with van der Waals surface area (Å²) in [5.41, 5.74) is 2.84. The Hall–Kier alpha value is -2.66. The maximum absolute atomic E-state index is 13.0. The summed E-state index contributed by atoms with van der Waals surface area (Å²) in [6.07, 6.45) is 0.913. The molecule has 2 atom stereocenters. The van der Waals surface area contributed by atoms with E-state index in [0.717, 1.165) is 16.7 Å². The lowest BCUT2D eigenvalue weighted by Crippen LogP contribution is -2.59. The molecule has 2 unspecified atom stereocenters. The van der Waals surface area contributed by atoms with Gasteiger partial charge in [-0.3, -0.25) is 9.69 Å². The van der Waals surface area contributed by atoms with Crippen LogP contribution in [0.25, 0.3) is 0 Å². The lowest BCUT2D eigenvalue weighted by atomic mass is 9.81. The molecule has 2 aromatic carbocycles. The van der Waals surface area contributed by atoms with Crippen molar-refractivity contribution >= 4 is 11.9 Å². The van der Waals surface area contributed by atoms with Crippen LogP contribution in [0.3, 0.4) is 0 Å². The summed E-state index contributed by atoms with van der Waals surface area (Å²) in [5, 5.41) is 0. The zero-order chi connectivity index (χ0) is 19.5. The number of morpholine rings is 1. The molecule has 0 aromatic heterocycles. The Kier molecular flexibility index (Phi) is 5.44. The van der Waals surface area contributed by atoms with Gasteiger partial charge in [0, 0.05) is 11.5 Å². The highest BCUT2D eigenvalue weighted by atomic mass is 16.6. The highest BCUT2D eigenvalue weighted by molar-refractivity contribution is 5.98. The number of rotatable bonds is 4. The molecule has 0 N–H and O–H groups in total. The fraction of sp³-hybridized carbons (Fsp3) is 0.391. The van der Waals surface area contributed by atoms with E-state index in [9.17, 15) is 9.59 Å². The Morgan fingerprint density at radius 1 is 1.00 bits per heavy atom. The topological polar surface area (TPSA) is 55.8 Å². The van der Waals surface area contributed by atoms with E-state index in [1.165, 1.54) is 0 Å². The van der Waals surface area contributed by atoms with Crippen molar-refractivity contribution in [2.45, 2.75) is 38.5 Å². The van der Waals surface area contributed by atoms with E-state index in [2.05, 4.69) is 0 Å². The standard InChI is InChI=1S/C23H25NO4/c1-16-7-9-18(10-8-16)22(25)19-11-20-14-27-15-21(12-19)24(20)23(26)28-13-17-5-3-2-4-6-17/h2-10,19-21H,11-15H2,1H3. The van der Waals surface area contributed by atoms with Crippen molar-refractivity contribution in [2.24, 2.45) is 5.92 Å². The molecule has 0 aliphatic carbocycles. The van der Waals surface area contributed by atoms with Gasteiger partial charge in [0.1, 0.15) is 6.61 Å². The largest absolute Gasteiger partial charge is 0.445 e. The second-order valence-corrected chi connectivity index (χ2v) is 7.69. The van der Waals surface area contributed by atoms with Crippen LogP contribution in [0.5, 0.6) is 0 Å². The van der Waals surface area contributed by atoms with Crippen LogP contribution >= 0.6 is 0 Å². The number of ketones is 1. The summed E-state index contributed by atoms with van der Waals surface area (Å²) in [4.78, 5) is 27.5. The summed E-state index contributed by atoms with van der Waals surface area (Å²) in [6, 6.07) is 17.1. The number of carbonyl (C=O) groups is 2. The van der Waals surface area contributed by atoms with E-state index >= 15 is 0 Å². The van der Waals surface area contributed by atoms with E-state index in [1.807, 2.05) is 61.5 Å². The fourth-order valence-electron chi connectivity index (χ4n) is 4.17. The molecular formula is C23H25NO4. The lowest BCUT2D eigenvalue weighted by molar-refractivity contribution is -0.0755. The average Bonchev–Trinajstić information content (AvgIpc) is 2.72. The molecule has 2 fully saturated rings. The Morgan fingerprint density at radius 3 is 2.29 bits per heavy atom. The van der Waals surface area contributed by atoms with E-state index in [0.29, 0.717) is 26.1 Å². The van der Waals surface area contributed by atoms with Crippen molar-refractivity contribution in [1.82, 2.24) is 4.90 Å². The average molecular weight is 379 g/mol. The number of hydrogen-bond donors (Lipinski definition) is 0. The van der Waals surface area contributed by atoms with Crippen molar-refractivity contribution in [3.05, 3.63) is 71.3 Å². The molecule has 2 aliphatic heterocycles. The van der Waals surface area contributed by atoms with Gasteiger partial charge in [-0.25, -0.2) is 4.79 Å². The van der Waals surface area contributed by atoms with E-state index < -0.39 is 0 Å². The number of carbonyl (C=O) groups excluding carboxylic acids is 2. The van der Waals surface area contributed by atoms with Crippen molar-refractivity contribution in [3.63, 3.8) is 0 Å². The number of fused-ring (bicyclic) bond motifs is 2. The molecule has 2 saturated heterocycles. The minimum atomic E-state index is -0.316. The number of ether oxygens (including phenoxy) is 2. The second kappa shape index (κ2) is 8.15. The van der Waals surface area contributed by atoms with E-state index in [1.54, 1.807) is 4.90 Å². The third-order valence-corrected chi connectivity index (χ3v) is 5.64. The molecule has 0 saturated carbocycles. The van der Waals surface area contributed by atoms with Gasteiger partial charge in [-0.15, -0.1) is 0 Å². The third-order valence-electron chi connectivity index (χ3n) is 5.64. The number of nitrogens with zero attached hydrogens (tertiary/aromatic N) is 1. The van der Waals surface area contributed by atoms with Gasteiger partial charge in [-0.2, -0.15) is 0 Å². The predicted molar refractivity (Wildman–Crippen MR) is 105 cm³/mol. The van der Waals surface area contributed by atoms with E-state index in [4.69, 9.17) is 9.47 Å². The van der Waals surface area contributed by atoms with Crippen molar-refractivity contribution in [1.29, 1.82) is 0 Å². The van der Waals surface area contributed by atoms with Crippen LogP contribution in [0.2, 0.25) is 0 Å². The Morgan fingerprint density at radius 2 is 1.64 bits per heavy atom. The van der Waals surface area contributed by atoms with Crippen molar-refractivity contribution in [2.75, 3.05) is 13.2 Å². The molecule has 5 heteroatoms. The molecule has 2 aromatic rings. The number of Topliss-reactive ketones (excluding diaryl/α,β-unsaturated/α-hetero) is 1. The van der Waals surface area contributed by atoms with Crippen LogP contribution in [-0.2, 0) is 16.1 Å². The van der Waals surface area contributed by atoms with Crippen LogP contribution in [0.15, 0.2) is 54.6 Å². The van der Waals surface area contributed by atoms with Gasteiger partial charge in [-0.05, 0) is 25.3 Å². The van der Waals surface area contributed by atoms with Crippen LogP contribution in [0.4, 0.5) is 4.79 Å². The van der Waals surface area contributed by atoms with Gasteiger partial charge >= 0.3 is 6.09 Å². The van der Waals surface area contributed by atoms with Gasteiger partial charge in [-0.1, -0.05) is 60.2 Å². The highest BCUT2D eigenvalue weighted by Crippen LogP contribution is 2.34. The normalized spacial score (nSPS) is 23.9. The molecule has 4 rings (SSSR count). The van der Waals surface area contributed by atoms with Crippen molar-refractivity contribution < 1.29 is 19.1 Å². The Balaban J connectivity index is 1.42. The first kappa shape index (κ1) is 18.7. The first-order chi connectivity index (χ1) is 13.6. The quantitative estimate of drug-likeness (QED) is 0.754. The minimum absolute atomic E-state index is 0.0835. The summed E-state index contributed by atoms with van der Waals surface area (Å²) in [6.45, 7) is 3.17. The summed E-state index contributed by atoms with van der Waals surface area (Å²) in [5.74, 6) is 0.0778. The van der Waals surface area contributed by atoms with Crippen molar-refractivity contribution in [3.8, 4) is 0 Å². The van der Waals surface area contributed by atoms with Gasteiger partial charge < -0.3 is 9.47 Å². The molecule has 5 nitrogen and oxygen atoms in total. The van der Waals surface area contributed by atoms with E-state index in [-0.39, 0.29) is 36.5 Å². The number of amides is 1. The van der Waals surface area contributed by atoms with Gasteiger partial charge in [0.2, 0.25) is 0 Å². The molecule has 2 aliphatic rings. The smallest absolute Gasteiger partial charge is 0.410 e. The first-order valence-corrected chi connectivity index (χ1v) is 9.79. The molecule has 2 bridgehead atoms. The highest BCUT2D eigenvalue weighted by Gasteiger charge is 2.44. The van der Waals surface area contributed by atoms with Gasteiger partial charge in [0.05, 0.1) is 25.3 Å². The molecule has 0 spiro atoms. The third kappa shape index (κ3) is 3.94. The molecule has 146 valence electrons. The molecular weight excluding hydrogens is 354 g/mol. The summed E-state index contributed by atoms with van der Waals surface area (Å²) < 4.78 is 11.2. The van der Waals surface area contributed by atoms with Crippen LogP contribution < -0.4 is 0 Å². The maximum Gasteiger partial charge on any atom is 0.410 e. The number of aryl methyl sites for hydroxylation is 1. The lowest BCUT2D eigenvalue weighted by Gasteiger charge is -2.47. The monoisotopic (exact) mass is 379 g/mol. The Bertz CT molecular complexity index is 819. The molecule has 0 radical (unpaired) electrons. The Labute approximate surface area is 165 Å². The van der Waals surface area contributed by atoms with Crippen LogP contribution in [-0.4, -0.2) is 42.1 Å². The zero-order valence-corrected chi connectivity index (χ0v) is 16.0. The number of piperidine rings is 1. The molecule has 1 amide bonds. The molecule has 28 heavy (non-hydrogen) atoms. The number of benzene rings is 2. The summed E-state index contributed by atoms with van der Waals surface area (Å²) >= 11 is 0. The minimum Gasteiger partial charge on any atom is -0.445 e. The SMILES string of the molecule is Cc1ccc(C(=O)C2CC3COCC(C2)N3C(=O)OCc2ccccc2)cc1. The first-order valence-electron chi connectivity index (χ1n) is 9.79. The van der Waals surface area contributed by atoms with Crippen LogP contribution in [0, 0.1) is 12.8 Å². The van der Waals surface area contributed by atoms with Crippen LogP contribution in [0.1, 0.15) is 34.3 Å². The van der Waals surface area contributed by atoms with Gasteiger partial charge in [0.15, 0.2) is 5.78 Å². The zero-order valence-electron chi connectivity index (χ0n) is 16.0. The second-order valence-electron chi connectivity index (χ2n) is 7.69. The number of hydrogen-bond acceptors (Lipinski definition) is 4. The fourth-order valence-corrected chi connectivity index (χ4v) is 4.17. The molecule has 2 heterocycles.